The molecule has 0 aliphatic rings. The van der Waals surface area contributed by atoms with Crippen molar-refractivity contribution >= 4 is 37.6 Å². The van der Waals surface area contributed by atoms with Gasteiger partial charge in [-0.15, -0.1) is 0 Å². The fourth-order valence-corrected chi connectivity index (χ4v) is 3.72. The lowest BCUT2D eigenvalue weighted by Crippen LogP contribution is -2.36. The number of ether oxygens (including phenoxy) is 1. The summed E-state index contributed by atoms with van der Waals surface area (Å²) in [6.45, 7) is 0.0248. The molecule has 0 bridgehead atoms. The lowest BCUT2D eigenvalue weighted by molar-refractivity contribution is 0.168. The van der Waals surface area contributed by atoms with Gasteiger partial charge in [-0.05, 0) is 22.0 Å². The third-order valence-corrected chi connectivity index (χ3v) is 5.04. The van der Waals surface area contributed by atoms with Crippen molar-refractivity contribution in [3.05, 3.63) is 21.9 Å². The molecule has 0 aliphatic heterocycles. The normalized spacial score (nSPS) is 12.1. The van der Waals surface area contributed by atoms with Crippen LogP contribution in [0.2, 0.25) is 5.15 Å². The summed E-state index contributed by atoms with van der Waals surface area (Å²) in [7, 11) is -2.35. The summed E-state index contributed by atoms with van der Waals surface area (Å²) in [6, 6.07) is 1.38. The Kier molecular flexibility index (Phi) is 6.64. The molecule has 9 heteroatoms. The zero-order valence-corrected chi connectivity index (χ0v) is 13.4. The smallest absolute Gasteiger partial charge is 0.246 e. The molecule has 0 amide bonds. The number of hydrogen-bond donors (Lipinski definition) is 1. The second-order valence-electron chi connectivity index (χ2n) is 3.56. The molecule has 6 nitrogen and oxygen atoms in total. The van der Waals surface area contributed by atoms with Gasteiger partial charge in [0.05, 0.1) is 13.2 Å². The first-order valence-corrected chi connectivity index (χ1v) is 7.95. The van der Waals surface area contributed by atoms with Gasteiger partial charge >= 0.3 is 0 Å². The number of sulfonamides is 1. The zero-order chi connectivity index (χ0) is 14.5. The van der Waals surface area contributed by atoms with E-state index in [0.29, 0.717) is 4.47 Å². The minimum Gasteiger partial charge on any atom is -0.395 e. The topological polar surface area (TPSA) is 79.7 Å². The maximum absolute atomic E-state index is 12.4. The van der Waals surface area contributed by atoms with Crippen LogP contribution >= 0.6 is 27.5 Å². The molecule has 0 fully saturated rings. The van der Waals surface area contributed by atoms with E-state index in [1.807, 2.05) is 0 Å². The lowest BCUT2D eigenvalue weighted by Gasteiger charge is -2.21. The molecule has 0 unspecified atom stereocenters. The largest absolute Gasteiger partial charge is 0.395 e. The molecule has 19 heavy (non-hydrogen) atoms. The van der Waals surface area contributed by atoms with Gasteiger partial charge in [0, 0.05) is 30.9 Å². The molecular weight excluding hydrogens is 360 g/mol. The summed E-state index contributed by atoms with van der Waals surface area (Å²) in [5.74, 6) is 0. The lowest BCUT2D eigenvalue weighted by atomic mass is 10.5. The van der Waals surface area contributed by atoms with E-state index in [1.165, 1.54) is 19.4 Å². The summed E-state index contributed by atoms with van der Waals surface area (Å²) >= 11 is 8.98. The molecule has 1 aromatic heterocycles. The van der Waals surface area contributed by atoms with Crippen LogP contribution in [-0.4, -0.2) is 56.2 Å². The minimum atomic E-state index is -3.82. The number of nitrogens with zero attached hydrogens (tertiary/aromatic N) is 2. The summed E-state index contributed by atoms with van der Waals surface area (Å²) < 4.78 is 31.3. The molecule has 0 spiro atoms. The highest BCUT2D eigenvalue weighted by Gasteiger charge is 2.27. The number of rotatable bonds is 7. The SMILES string of the molecule is COCCN(CCO)S(=O)(=O)c1cc(Br)cnc1Cl. The fourth-order valence-electron chi connectivity index (χ4n) is 1.38. The van der Waals surface area contributed by atoms with E-state index in [4.69, 9.17) is 21.4 Å². The van der Waals surface area contributed by atoms with Crippen LogP contribution in [-0.2, 0) is 14.8 Å². The van der Waals surface area contributed by atoms with Gasteiger partial charge in [-0.2, -0.15) is 4.31 Å². The van der Waals surface area contributed by atoms with Crippen LogP contribution in [0, 0.1) is 0 Å². The molecule has 0 saturated heterocycles. The predicted molar refractivity (Wildman–Crippen MR) is 74.7 cm³/mol. The van der Waals surface area contributed by atoms with Crippen molar-refractivity contribution in [3.63, 3.8) is 0 Å². The number of aliphatic hydroxyl groups is 1. The van der Waals surface area contributed by atoms with E-state index >= 15 is 0 Å². The molecular formula is C10H14BrClN2O4S. The zero-order valence-electron chi connectivity index (χ0n) is 10.2. The molecule has 0 aliphatic carbocycles. The maximum Gasteiger partial charge on any atom is 0.246 e. The summed E-state index contributed by atoms with van der Waals surface area (Å²) in [4.78, 5) is 3.68. The minimum absolute atomic E-state index is 0.0332. The van der Waals surface area contributed by atoms with Crippen molar-refractivity contribution in [1.29, 1.82) is 0 Å². The van der Waals surface area contributed by atoms with Crippen LogP contribution in [0.5, 0.6) is 0 Å². The second-order valence-corrected chi connectivity index (χ2v) is 6.74. The highest BCUT2D eigenvalue weighted by atomic mass is 79.9. The van der Waals surface area contributed by atoms with Crippen LogP contribution in [0.15, 0.2) is 21.6 Å². The number of pyridine rings is 1. The first kappa shape index (κ1) is 16.8. The predicted octanol–water partition coefficient (Wildman–Crippen LogP) is 1.13. The molecule has 0 aromatic carbocycles. The average molecular weight is 374 g/mol. The highest BCUT2D eigenvalue weighted by Crippen LogP contribution is 2.25. The first-order valence-electron chi connectivity index (χ1n) is 5.34. The molecule has 0 saturated carbocycles. The molecule has 0 atom stereocenters. The van der Waals surface area contributed by atoms with Crippen molar-refractivity contribution in [2.45, 2.75) is 4.90 Å². The Morgan fingerprint density at radius 2 is 2.21 bits per heavy atom. The number of methoxy groups -OCH3 is 1. The standard InChI is InChI=1S/C10H14BrClN2O4S/c1-18-5-3-14(2-4-15)19(16,17)9-6-8(11)7-13-10(9)12/h6-7,15H,2-5H2,1H3. The summed E-state index contributed by atoms with van der Waals surface area (Å²) in [6.07, 6.45) is 1.41. The van der Waals surface area contributed by atoms with E-state index in [1.54, 1.807) is 0 Å². The van der Waals surface area contributed by atoms with Crippen LogP contribution in [0.1, 0.15) is 0 Å². The van der Waals surface area contributed by atoms with Crippen molar-refractivity contribution in [2.24, 2.45) is 0 Å². The Balaban J connectivity index is 3.14. The molecule has 0 radical (unpaired) electrons. The average Bonchev–Trinajstić information content (AvgIpc) is 2.37. The number of aliphatic hydroxyl groups excluding tert-OH is 1. The van der Waals surface area contributed by atoms with Crippen molar-refractivity contribution in [2.75, 3.05) is 33.4 Å². The second kappa shape index (κ2) is 7.51. The van der Waals surface area contributed by atoms with Crippen molar-refractivity contribution < 1.29 is 18.3 Å². The third kappa shape index (κ3) is 4.37. The van der Waals surface area contributed by atoms with Crippen LogP contribution < -0.4 is 0 Å². The first-order chi connectivity index (χ1) is 8.93. The van der Waals surface area contributed by atoms with E-state index in [9.17, 15) is 8.42 Å². The van der Waals surface area contributed by atoms with E-state index in [2.05, 4.69) is 20.9 Å². The Bertz CT molecular complexity index is 526. The van der Waals surface area contributed by atoms with E-state index in [0.717, 1.165) is 4.31 Å². The van der Waals surface area contributed by atoms with Crippen LogP contribution in [0.3, 0.4) is 0 Å². The fraction of sp³-hybridized carbons (Fsp3) is 0.500. The molecule has 1 aromatic rings. The monoisotopic (exact) mass is 372 g/mol. The Labute approximate surface area is 125 Å². The van der Waals surface area contributed by atoms with Crippen molar-refractivity contribution in [3.8, 4) is 0 Å². The van der Waals surface area contributed by atoms with Crippen LogP contribution in [0.25, 0.3) is 0 Å². The number of hydrogen-bond acceptors (Lipinski definition) is 5. The van der Waals surface area contributed by atoms with Gasteiger partial charge in [0.2, 0.25) is 10.0 Å². The Hall–Kier alpha value is -0.250. The van der Waals surface area contributed by atoms with Gasteiger partial charge in [0.1, 0.15) is 10.0 Å². The Morgan fingerprint density at radius 3 is 2.79 bits per heavy atom. The van der Waals surface area contributed by atoms with Gasteiger partial charge < -0.3 is 9.84 Å². The molecule has 108 valence electrons. The van der Waals surface area contributed by atoms with Gasteiger partial charge in [-0.25, -0.2) is 13.4 Å². The summed E-state index contributed by atoms with van der Waals surface area (Å²) in [5.41, 5.74) is 0. The molecule has 1 heterocycles. The highest BCUT2D eigenvalue weighted by molar-refractivity contribution is 9.10. The Morgan fingerprint density at radius 1 is 1.53 bits per heavy atom. The summed E-state index contributed by atoms with van der Waals surface area (Å²) in [5, 5.41) is 8.86. The van der Waals surface area contributed by atoms with E-state index < -0.39 is 10.0 Å². The quantitative estimate of drug-likeness (QED) is 0.725. The number of halogens is 2. The maximum atomic E-state index is 12.4. The van der Waals surface area contributed by atoms with Gasteiger partial charge in [-0.3, -0.25) is 0 Å². The van der Waals surface area contributed by atoms with Crippen molar-refractivity contribution in [1.82, 2.24) is 9.29 Å². The molecule has 1 rings (SSSR count). The van der Waals surface area contributed by atoms with Gasteiger partial charge in [0.15, 0.2) is 0 Å². The molecule has 1 N–H and O–H groups in total. The van der Waals surface area contributed by atoms with Gasteiger partial charge in [-0.1, -0.05) is 11.6 Å². The third-order valence-electron chi connectivity index (χ3n) is 2.29. The van der Waals surface area contributed by atoms with E-state index in [-0.39, 0.29) is 36.4 Å². The van der Waals surface area contributed by atoms with Crippen LogP contribution in [0.4, 0.5) is 0 Å². The van der Waals surface area contributed by atoms with Gasteiger partial charge in [0.25, 0.3) is 0 Å². The number of aromatic nitrogens is 1.